The minimum atomic E-state index is -0.806. The number of halogens is 1. The van der Waals surface area contributed by atoms with Gasteiger partial charge in [0.1, 0.15) is 0 Å². The van der Waals surface area contributed by atoms with Crippen molar-refractivity contribution < 1.29 is 14.7 Å². The van der Waals surface area contributed by atoms with Gasteiger partial charge in [-0.25, -0.2) is 0 Å². The van der Waals surface area contributed by atoms with Crippen molar-refractivity contribution in [3.8, 4) is 11.4 Å². The zero-order valence-corrected chi connectivity index (χ0v) is 15.1. The Bertz CT molecular complexity index is 792. The fourth-order valence-electron chi connectivity index (χ4n) is 3.16. The highest BCUT2D eigenvalue weighted by Crippen LogP contribution is 2.26. The molecule has 3 atom stereocenters. The van der Waals surface area contributed by atoms with Gasteiger partial charge in [0.25, 0.3) is 0 Å². The second-order valence-electron chi connectivity index (χ2n) is 6.42. The third-order valence-electron chi connectivity index (χ3n) is 4.63. The molecule has 1 aromatic carbocycles. The predicted octanol–water partition coefficient (Wildman–Crippen LogP) is 2.31. The van der Waals surface area contributed by atoms with E-state index in [0.29, 0.717) is 36.5 Å². The standard InChI is InChI=1S/C17H20ClN5O3/c1-2-14(16(24)19-13-8-5-11(9-13)17(25)26)23-21-15(20-22-23)10-3-6-12(18)7-4-10/h3-4,6-7,11,13-14H,2,5,8-9H2,1H3,(H,19,24)(H,25,26)/t11-,13+,14?/m1/s1. The second-order valence-corrected chi connectivity index (χ2v) is 6.85. The average Bonchev–Trinajstić information content (AvgIpc) is 3.26. The van der Waals surface area contributed by atoms with E-state index in [1.54, 1.807) is 24.3 Å². The van der Waals surface area contributed by atoms with Crippen molar-refractivity contribution in [2.24, 2.45) is 5.92 Å². The van der Waals surface area contributed by atoms with Gasteiger partial charge in [-0.05, 0) is 55.2 Å². The topological polar surface area (TPSA) is 110 Å². The van der Waals surface area contributed by atoms with Crippen LogP contribution >= 0.6 is 11.6 Å². The number of tetrazole rings is 1. The van der Waals surface area contributed by atoms with E-state index in [1.165, 1.54) is 4.80 Å². The number of hydrogen-bond acceptors (Lipinski definition) is 5. The van der Waals surface area contributed by atoms with Crippen LogP contribution in [0.15, 0.2) is 24.3 Å². The Kier molecular flexibility index (Phi) is 5.51. The number of hydrogen-bond donors (Lipinski definition) is 2. The summed E-state index contributed by atoms with van der Waals surface area (Å²) in [6, 6.07) is 6.33. The van der Waals surface area contributed by atoms with Crippen molar-refractivity contribution in [1.82, 2.24) is 25.5 Å². The van der Waals surface area contributed by atoms with Crippen LogP contribution in [0, 0.1) is 5.92 Å². The number of carbonyl (C=O) groups is 2. The number of carboxylic acid groups (broad SMARTS) is 1. The molecule has 1 amide bonds. The lowest BCUT2D eigenvalue weighted by atomic mass is 10.1. The Morgan fingerprint density at radius 1 is 1.35 bits per heavy atom. The summed E-state index contributed by atoms with van der Waals surface area (Å²) in [5, 5.41) is 25.0. The third kappa shape index (κ3) is 4.01. The van der Waals surface area contributed by atoms with Gasteiger partial charge in [0.05, 0.1) is 5.92 Å². The molecule has 1 aliphatic carbocycles. The van der Waals surface area contributed by atoms with Crippen molar-refractivity contribution in [2.75, 3.05) is 0 Å². The van der Waals surface area contributed by atoms with Crippen LogP contribution in [-0.2, 0) is 9.59 Å². The summed E-state index contributed by atoms with van der Waals surface area (Å²) in [6.07, 6.45) is 2.20. The molecule has 1 fully saturated rings. The average molecular weight is 378 g/mol. The number of amides is 1. The molecule has 1 unspecified atom stereocenters. The van der Waals surface area contributed by atoms with Crippen LogP contribution in [0.25, 0.3) is 11.4 Å². The summed E-state index contributed by atoms with van der Waals surface area (Å²) in [7, 11) is 0. The normalized spacial score (nSPS) is 20.7. The molecule has 0 radical (unpaired) electrons. The van der Waals surface area contributed by atoms with Gasteiger partial charge in [-0.2, -0.15) is 4.80 Å². The Hall–Kier alpha value is -2.48. The Balaban J connectivity index is 1.68. The Morgan fingerprint density at radius 3 is 2.69 bits per heavy atom. The Labute approximate surface area is 155 Å². The molecule has 0 spiro atoms. The first-order valence-electron chi connectivity index (χ1n) is 8.56. The molecule has 2 aromatic rings. The van der Waals surface area contributed by atoms with Crippen LogP contribution in [0.3, 0.4) is 0 Å². The van der Waals surface area contributed by atoms with E-state index < -0.39 is 12.0 Å². The fourth-order valence-corrected chi connectivity index (χ4v) is 3.29. The first kappa shape index (κ1) is 18.3. The monoisotopic (exact) mass is 377 g/mol. The molecule has 0 aliphatic heterocycles. The molecule has 1 aliphatic rings. The SMILES string of the molecule is CCC(C(=O)N[C@H]1CC[C@@H](C(=O)O)C1)n1nnc(-c2ccc(Cl)cc2)n1. The lowest BCUT2D eigenvalue weighted by Crippen LogP contribution is -2.39. The van der Waals surface area contributed by atoms with E-state index in [4.69, 9.17) is 16.7 Å². The van der Waals surface area contributed by atoms with Crippen molar-refractivity contribution in [3.63, 3.8) is 0 Å². The maximum atomic E-state index is 12.6. The number of carbonyl (C=O) groups excluding carboxylic acids is 1. The number of rotatable bonds is 6. The summed E-state index contributed by atoms with van der Waals surface area (Å²) in [5.41, 5.74) is 0.760. The van der Waals surface area contributed by atoms with Crippen LogP contribution in [0.4, 0.5) is 0 Å². The molecular weight excluding hydrogens is 358 g/mol. The van der Waals surface area contributed by atoms with Crippen molar-refractivity contribution in [1.29, 1.82) is 0 Å². The molecule has 1 saturated carbocycles. The number of aliphatic carboxylic acids is 1. The maximum absolute atomic E-state index is 12.6. The van der Waals surface area contributed by atoms with Crippen LogP contribution in [0.2, 0.25) is 5.02 Å². The van der Waals surface area contributed by atoms with Crippen LogP contribution in [0.1, 0.15) is 38.6 Å². The molecule has 3 rings (SSSR count). The molecule has 138 valence electrons. The quantitative estimate of drug-likeness (QED) is 0.799. The van der Waals surface area contributed by atoms with Gasteiger partial charge >= 0.3 is 5.97 Å². The minimum absolute atomic E-state index is 0.128. The summed E-state index contributed by atoms with van der Waals surface area (Å²) in [6.45, 7) is 1.87. The number of benzene rings is 1. The van der Waals surface area contributed by atoms with Crippen LogP contribution < -0.4 is 5.32 Å². The zero-order chi connectivity index (χ0) is 18.7. The van der Waals surface area contributed by atoms with E-state index in [1.807, 2.05) is 6.92 Å². The molecular formula is C17H20ClN5O3. The summed E-state index contributed by atoms with van der Waals surface area (Å²) in [4.78, 5) is 25.0. The first-order chi connectivity index (χ1) is 12.5. The molecule has 9 heteroatoms. The fraction of sp³-hybridized carbons (Fsp3) is 0.471. The van der Waals surface area contributed by atoms with Crippen LogP contribution in [-0.4, -0.2) is 43.2 Å². The maximum Gasteiger partial charge on any atom is 0.306 e. The number of nitrogens with one attached hydrogen (secondary N) is 1. The molecule has 8 nitrogen and oxygen atoms in total. The Morgan fingerprint density at radius 2 is 2.08 bits per heavy atom. The van der Waals surface area contributed by atoms with Gasteiger partial charge in [0.15, 0.2) is 6.04 Å². The largest absolute Gasteiger partial charge is 0.481 e. The van der Waals surface area contributed by atoms with E-state index >= 15 is 0 Å². The predicted molar refractivity (Wildman–Crippen MR) is 94.5 cm³/mol. The third-order valence-corrected chi connectivity index (χ3v) is 4.88. The van der Waals surface area contributed by atoms with Crippen molar-refractivity contribution >= 4 is 23.5 Å². The van der Waals surface area contributed by atoms with E-state index in [9.17, 15) is 9.59 Å². The van der Waals surface area contributed by atoms with E-state index in [2.05, 4.69) is 20.7 Å². The van der Waals surface area contributed by atoms with Crippen molar-refractivity contribution in [2.45, 2.75) is 44.7 Å². The molecule has 1 aromatic heterocycles. The smallest absolute Gasteiger partial charge is 0.306 e. The van der Waals surface area contributed by atoms with Gasteiger partial charge in [0.2, 0.25) is 11.7 Å². The molecule has 0 saturated heterocycles. The number of aromatic nitrogens is 4. The summed E-state index contributed by atoms with van der Waals surface area (Å²) >= 11 is 5.88. The van der Waals surface area contributed by atoms with E-state index in [0.717, 1.165) is 5.56 Å². The highest BCUT2D eigenvalue weighted by atomic mass is 35.5. The number of nitrogens with zero attached hydrogens (tertiary/aromatic N) is 4. The highest BCUT2D eigenvalue weighted by molar-refractivity contribution is 6.30. The first-order valence-corrected chi connectivity index (χ1v) is 8.94. The summed E-state index contributed by atoms with van der Waals surface area (Å²) in [5.74, 6) is -0.996. The van der Waals surface area contributed by atoms with Gasteiger partial charge in [-0.15, -0.1) is 10.2 Å². The van der Waals surface area contributed by atoms with Gasteiger partial charge in [-0.1, -0.05) is 18.5 Å². The molecule has 1 heterocycles. The van der Waals surface area contributed by atoms with Crippen molar-refractivity contribution in [3.05, 3.63) is 29.3 Å². The summed E-state index contributed by atoms with van der Waals surface area (Å²) < 4.78 is 0. The highest BCUT2D eigenvalue weighted by Gasteiger charge is 2.32. The lowest BCUT2D eigenvalue weighted by molar-refractivity contribution is -0.141. The van der Waals surface area contributed by atoms with Gasteiger partial charge in [-0.3, -0.25) is 9.59 Å². The molecule has 2 N–H and O–H groups in total. The zero-order valence-electron chi connectivity index (χ0n) is 14.3. The van der Waals surface area contributed by atoms with Gasteiger partial charge < -0.3 is 10.4 Å². The second kappa shape index (κ2) is 7.82. The molecule has 0 bridgehead atoms. The lowest BCUT2D eigenvalue weighted by Gasteiger charge is -2.17. The number of carboxylic acids is 1. The van der Waals surface area contributed by atoms with Gasteiger partial charge in [0, 0.05) is 16.6 Å². The van der Waals surface area contributed by atoms with E-state index in [-0.39, 0.29) is 17.9 Å². The minimum Gasteiger partial charge on any atom is -0.481 e. The molecule has 26 heavy (non-hydrogen) atoms. The van der Waals surface area contributed by atoms with Crippen LogP contribution in [0.5, 0.6) is 0 Å².